The Bertz CT molecular complexity index is 1220. The first kappa shape index (κ1) is 26.8. The SMILES string of the molecule is CN(C)Cc1c(CNCc2ccc(C#N)cc2)ccc2c(CCC3CCN(CC4OCCO4)CC3)noc12. The Morgan fingerprint density at radius 1 is 1.05 bits per heavy atom. The molecule has 2 aliphatic heterocycles. The summed E-state index contributed by atoms with van der Waals surface area (Å²) in [6.07, 6.45) is 4.47. The molecule has 0 atom stereocenters. The van der Waals surface area contributed by atoms with Crippen molar-refractivity contribution in [3.8, 4) is 6.07 Å². The van der Waals surface area contributed by atoms with Gasteiger partial charge in [0.05, 0.1) is 30.5 Å². The van der Waals surface area contributed by atoms with E-state index in [0.717, 1.165) is 93.5 Å². The van der Waals surface area contributed by atoms with Crippen molar-refractivity contribution in [2.45, 2.75) is 51.6 Å². The third-order valence-electron chi connectivity index (χ3n) is 7.71. The summed E-state index contributed by atoms with van der Waals surface area (Å²) >= 11 is 0. The zero-order valence-corrected chi connectivity index (χ0v) is 22.6. The number of benzene rings is 2. The van der Waals surface area contributed by atoms with E-state index in [-0.39, 0.29) is 6.29 Å². The first-order valence-electron chi connectivity index (χ1n) is 13.8. The van der Waals surface area contributed by atoms with E-state index in [1.807, 2.05) is 24.3 Å². The number of rotatable bonds is 11. The highest BCUT2D eigenvalue weighted by molar-refractivity contribution is 5.83. The Kier molecular flexibility index (Phi) is 9.05. The molecule has 1 aromatic heterocycles. The second kappa shape index (κ2) is 12.8. The molecular formula is C30H39N5O3. The van der Waals surface area contributed by atoms with Gasteiger partial charge in [0.25, 0.3) is 0 Å². The molecule has 2 aliphatic rings. The van der Waals surface area contributed by atoms with Crippen LogP contribution in [0.4, 0.5) is 0 Å². The van der Waals surface area contributed by atoms with E-state index in [1.165, 1.54) is 24.0 Å². The fourth-order valence-corrected chi connectivity index (χ4v) is 5.55. The molecule has 2 aromatic carbocycles. The van der Waals surface area contributed by atoms with Gasteiger partial charge in [0.2, 0.25) is 0 Å². The van der Waals surface area contributed by atoms with Crippen molar-refractivity contribution in [2.24, 2.45) is 5.92 Å². The molecule has 3 heterocycles. The first-order chi connectivity index (χ1) is 18.6. The Hall–Kier alpha value is -2.80. The number of hydrogen-bond donors (Lipinski definition) is 1. The highest BCUT2D eigenvalue weighted by Gasteiger charge is 2.25. The predicted molar refractivity (Wildman–Crippen MR) is 146 cm³/mol. The number of nitriles is 1. The normalized spacial score (nSPS) is 17.5. The number of piperidine rings is 1. The van der Waals surface area contributed by atoms with E-state index in [0.29, 0.717) is 5.56 Å². The van der Waals surface area contributed by atoms with Crippen LogP contribution in [0.15, 0.2) is 40.9 Å². The van der Waals surface area contributed by atoms with E-state index < -0.39 is 0 Å². The summed E-state index contributed by atoms with van der Waals surface area (Å²) in [6.45, 7) is 6.83. The maximum absolute atomic E-state index is 9.00. The van der Waals surface area contributed by atoms with E-state index in [2.05, 4.69) is 52.6 Å². The fourth-order valence-electron chi connectivity index (χ4n) is 5.55. The molecule has 2 saturated heterocycles. The number of aryl methyl sites for hydroxylation is 1. The zero-order chi connectivity index (χ0) is 26.3. The average molecular weight is 518 g/mol. The van der Waals surface area contributed by atoms with Gasteiger partial charge in [-0.1, -0.05) is 23.4 Å². The molecule has 8 heteroatoms. The van der Waals surface area contributed by atoms with Crippen molar-refractivity contribution in [1.29, 1.82) is 5.26 Å². The summed E-state index contributed by atoms with van der Waals surface area (Å²) in [4.78, 5) is 4.65. The summed E-state index contributed by atoms with van der Waals surface area (Å²) in [5.74, 6) is 0.718. The van der Waals surface area contributed by atoms with Crippen molar-refractivity contribution >= 4 is 11.0 Å². The molecule has 0 unspecified atom stereocenters. The molecule has 1 N–H and O–H groups in total. The van der Waals surface area contributed by atoms with Crippen LogP contribution < -0.4 is 5.32 Å². The van der Waals surface area contributed by atoms with Gasteiger partial charge in [-0.2, -0.15) is 5.26 Å². The van der Waals surface area contributed by atoms with Gasteiger partial charge in [0.15, 0.2) is 11.9 Å². The Balaban J connectivity index is 1.18. The molecule has 2 fully saturated rings. The third-order valence-corrected chi connectivity index (χ3v) is 7.71. The summed E-state index contributed by atoms with van der Waals surface area (Å²) < 4.78 is 17.2. The van der Waals surface area contributed by atoms with Crippen LogP contribution in [0.3, 0.4) is 0 Å². The number of hydrogen-bond acceptors (Lipinski definition) is 8. The van der Waals surface area contributed by atoms with Gasteiger partial charge < -0.3 is 24.2 Å². The minimum absolute atomic E-state index is 0.0412. The van der Waals surface area contributed by atoms with Gasteiger partial charge in [-0.05, 0) is 88.1 Å². The molecule has 0 bridgehead atoms. The summed E-state index contributed by atoms with van der Waals surface area (Å²) in [5.41, 5.74) is 6.26. The Labute approximate surface area is 225 Å². The topological polar surface area (TPSA) is 86.8 Å². The van der Waals surface area contributed by atoms with E-state index in [4.69, 9.17) is 19.3 Å². The maximum atomic E-state index is 9.00. The zero-order valence-electron chi connectivity index (χ0n) is 22.6. The van der Waals surface area contributed by atoms with Crippen LogP contribution in [0.1, 0.15) is 47.2 Å². The monoisotopic (exact) mass is 517 g/mol. The molecule has 0 radical (unpaired) electrons. The van der Waals surface area contributed by atoms with Gasteiger partial charge in [0.1, 0.15) is 0 Å². The lowest BCUT2D eigenvalue weighted by Crippen LogP contribution is -2.39. The van der Waals surface area contributed by atoms with E-state index in [9.17, 15) is 0 Å². The van der Waals surface area contributed by atoms with Crippen LogP contribution in [-0.2, 0) is 35.5 Å². The smallest absolute Gasteiger partial charge is 0.171 e. The van der Waals surface area contributed by atoms with Gasteiger partial charge >= 0.3 is 0 Å². The van der Waals surface area contributed by atoms with Gasteiger partial charge in [-0.15, -0.1) is 0 Å². The van der Waals surface area contributed by atoms with Crippen molar-refractivity contribution in [3.05, 3.63) is 64.3 Å². The van der Waals surface area contributed by atoms with Crippen molar-refractivity contribution < 1.29 is 14.0 Å². The van der Waals surface area contributed by atoms with Gasteiger partial charge in [-0.3, -0.25) is 4.90 Å². The molecule has 0 aliphatic carbocycles. The first-order valence-corrected chi connectivity index (χ1v) is 13.8. The Morgan fingerprint density at radius 2 is 1.82 bits per heavy atom. The number of likely N-dealkylation sites (tertiary alicyclic amines) is 1. The van der Waals surface area contributed by atoms with Crippen LogP contribution >= 0.6 is 0 Å². The summed E-state index contributed by atoms with van der Waals surface area (Å²) in [5, 5.41) is 18.2. The van der Waals surface area contributed by atoms with E-state index >= 15 is 0 Å². The minimum atomic E-state index is -0.0412. The number of aromatic nitrogens is 1. The van der Waals surface area contributed by atoms with Gasteiger partial charge in [0, 0.05) is 37.1 Å². The van der Waals surface area contributed by atoms with Crippen LogP contribution in [0.5, 0.6) is 0 Å². The lowest BCUT2D eigenvalue weighted by atomic mass is 9.91. The molecular weight excluding hydrogens is 478 g/mol. The van der Waals surface area contributed by atoms with Crippen LogP contribution in [-0.4, -0.2) is 68.2 Å². The molecule has 0 amide bonds. The number of nitrogens with zero attached hydrogens (tertiary/aromatic N) is 4. The van der Waals surface area contributed by atoms with E-state index in [1.54, 1.807) is 0 Å². The number of fused-ring (bicyclic) bond motifs is 1. The lowest BCUT2D eigenvalue weighted by molar-refractivity contribution is -0.0661. The van der Waals surface area contributed by atoms with Crippen molar-refractivity contribution in [3.63, 3.8) is 0 Å². The second-order valence-electron chi connectivity index (χ2n) is 10.8. The fraction of sp³-hybridized carbons (Fsp3) is 0.533. The van der Waals surface area contributed by atoms with Crippen LogP contribution in [0, 0.1) is 17.2 Å². The van der Waals surface area contributed by atoms with Crippen LogP contribution in [0.25, 0.3) is 11.0 Å². The van der Waals surface area contributed by atoms with Crippen LogP contribution in [0.2, 0.25) is 0 Å². The molecule has 38 heavy (non-hydrogen) atoms. The number of ether oxygens (including phenoxy) is 2. The highest BCUT2D eigenvalue weighted by Crippen LogP contribution is 2.29. The second-order valence-corrected chi connectivity index (χ2v) is 10.8. The highest BCUT2D eigenvalue weighted by atomic mass is 16.7. The molecule has 0 saturated carbocycles. The molecule has 202 valence electrons. The molecule has 0 spiro atoms. The third kappa shape index (κ3) is 6.79. The average Bonchev–Trinajstić information content (AvgIpc) is 3.59. The molecule has 5 rings (SSSR count). The summed E-state index contributed by atoms with van der Waals surface area (Å²) in [6, 6.07) is 14.3. The predicted octanol–water partition coefficient (Wildman–Crippen LogP) is 4.07. The van der Waals surface area contributed by atoms with Crippen molar-refractivity contribution in [2.75, 3.05) is 46.9 Å². The minimum Gasteiger partial charge on any atom is -0.356 e. The van der Waals surface area contributed by atoms with Crippen molar-refractivity contribution in [1.82, 2.24) is 20.3 Å². The number of nitrogens with one attached hydrogen (secondary N) is 1. The van der Waals surface area contributed by atoms with Gasteiger partial charge in [-0.25, -0.2) is 0 Å². The molecule has 8 nitrogen and oxygen atoms in total. The quantitative estimate of drug-likeness (QED) is 0.407. The standard InChI is InChI=1S/C30H39N5O3/c1-34(2)20-27-25(19-32-18-24-5-3-23(17-31)4-6-24)8-9-26-28(33-38-30(26)27)10-7-22-11-13-35(14-12-22)21-29-36-15-16-37-29/h3-6,8-9,22,29,32H,7,10-16,18-21H2,1-2H3. The molecule has 3 aromatic rings. The Morgan fingerprint density at radius 3 is 2.53 bits per heavy atom. The maximum Gasteiger partial charge on any atom is 0.171 e. The summed E-state index contributed by atoms with van der Waals surface area (Å²) in [7, 11) is 4.17. The lowest BCUT2D eigenvalue weighted by Gasteiger charge is -2.32. The largest absolute Gasteiger partial charge is 0.356 e.